The zero-order valence-electron chi connectivity index (χ0n) is 14.1. The third kappa shape index (κ3) is 4.87. The van der Waals surface area contributed by atoms with Crippen LogP contribution in [0.4, 0.5) is 0 Å². The molecule has 2 aromatic rings. The molecule has 0 fully saturated rings. The molecule has 0 bridgehead atoms. The lowest BCUT2D eigenvalue weighted by Gasteiger charge is -2.18. The molecule has 4 nitrogen and oxygen atoms in total. The van der Waals surface area contributed by atoms with Crippen molar-refractivity contribution in [2.45, 2.75) is 18.7 Å². The summed E-state index contributed by atoms with van der Waals surface area (Å²) >= 11 is 3.38. The lowest BCUT2D eigenvalue weighted by Crippen LogP contribution is -2.30. The summed E-state index contributed by atoms with van der Waals surface area (Å²) < 4.78 is 27.2. The minimum Gasteiger partial charge on any atom is -0.289 e. The second-order valence-electron chi connectivity index (χ2n) is 5.37. The fraction of sp³-hybridized carbons (Fsp3) is 0.211. The SMILES string of the molecule is CCN(CC)S(=O)(=O)c1ccc(C(=O)/C=C/c2cccc(Br)c2)cc1. The fourth-order valence-corrected chi connectivity index (χ4v) is 4.26. The van der Waals surface area contributed by atoms with E-state index >= 15 is 0 Å². The summed E-state index contributed by atoms with van der Waals surface area (Å²) in [6.07, 6.45) is 3.21. The van der Waals surface area contributed by atoms with Crippen LogP contribution in [0.2, 0.25) is 0 Å². The maximum absolute atomic E-state index is 12.4. The molecule has 25 heavy (non-hydrogen) atoms. The average Bonchev–Trinajstić information content (AvgIpc) is 2.60. The Morgan fingerprint density at radius 3 is 2.28 bits per heavy atom. The summed E-state index contributed by atoms with van der Waals surface area (Å²) in [6.45, 7) is 4.42. The highest BCUT2D eigenvalue weighted by molar-refractivity contribution is 9.10. The third-order valence-corrected chi connectivity index (χ3v) is 6.32. The summed E-state index contributed by atoms with van der Waals surface area (Å²) in [4.78, 5) is 12.4. The first-order valence-corrected chi connectivity index (χ1v) is 10.2. The Labute approximate surface area is 157 Å². The number of nitrogens with zero attached hydrogens (tertiary/aromatic N) is 1. The van der Waals surface area contributed by atoms with E-state index in [2.05, 4.69) is 15.9 Å². The lowest BCUT2D eigenvalue weighted by atomic mass is 10.1. The number of hydrogen-bond donors (Lipinski definition) is 0. The summed E-state index contributed by atoms with van der Waals surface area (Å²) in [6, 6.07) is 13.7. The standard InChI is InChI=1S/C19H20BrNO3S/c1-3-21(4-2)25(23,24)18-11-9-16(10-12-18)19(22)13-8-15-6-5-7-17(20)14-15/h5-14H,3-4H2,1-2H3/b13-8+. The van der Waals surface area contributed by atoms with E-state index in [4.69, 9.17) is 0 Å². The van der Waals surface area contributed by atoms with Crippen LogP contribution in [0, 0.1) is 0 Å². The maximum atomic E-state index is 12.4. The molecule has 132 valence electrons. The highest BCUT2D eigenvalue weighted by Gasteiger charge is 2.21. The van der Waals surface area contributed by atoms with Gasteiger partial charge in [-0.05, 0) is 48.0 Å². The fourth-order valence-electron chi connectivity index (χ4n) is 2.38. The molecule has 0 aromatic heterocycles. The minimum atomic E-state index is -3.50. The zero-order chi connectivity index (χ0) is 18.4. The number of allylic oxidation sites excluding steroid dienone is 1. The Balaban J connectivity index is 2.18. The zero-order valence-corrected chi connectivity index (χ0v) is 16.5. The third-order valence-electron chi connectivity index (χ3n) is 3.76. The quantitative estimate of drug-likeness (QED) is 0.492. The van der Waals surface area contributed by atoms with E-state index in [0.717, 1.165) is 10.0 Å². The molecule has 0 heterocycles. The van der Waals surface area contributed by atoms with Gasteiger partial charge in [0.25, 0.3) is 0 Å². The number of carbonyl (C=O) groups excluding carboxylic acids is 1. The molecule has 0 radical (unpaired) electrons. The van der Waals surface area contributed by atoms with Crippen molar-refractivity contribution in [3.8, 4) is 0 Å². The molecule has 0 saturated carbocycles. The van der Waals surface area contributed by atoms with Gasteiger partial charge in [0.15, 0.2) is 5.78 Å². The van der Waals surface area contributed by atoms with Crippen LogP contribution in [0.25, 0.3) is 6.08 Å². The second kappa shape index (κ2) is 8.56. The summed E-state index contributed by atoms with van der Waals surface area (Å²) in [5.74, 6) is -0.174. The predicted molar refractivity (Wildman–Crippen MR) is 104 cm³/mol. The molecule has 0 aliphatic heterocycles. The number of ketones is 1. The van der Waals surface area contributed by atoms with Crippen LogP contribution in [0.5, 0.6) is 0 Å². The van der Waals surface area contributed by atoms with Crippen LogP contribution < -0.4 is 0 Å². The predicted octanol–water partition coefficient (Wildman–Crippen LogP) is 4.38. The van der Waals surface area contributed by atoms with Gasteiger partial charge in [0, 0.05) is 23.1 Å². The van der Waals surface area contributed by atoms with Crippen molar-refractivity contribution in [1.29, 1.82) is 0 Å². The van der Waals surface area contributed by atoms with Gasteiger partial charge in [0.2, 0.25) is 10.0 Å². The lowest BCUT2D eigenvalue weighted by molar-refractivity contribution is 0.104. The monoisotopic (exact) mass is 421 g/mol. The molecule has 6 heteroatoms. The van der Waals surface area contributed by atoms with Crippen molar-refractivity contribution in [3.05, 3.63) is 70.2 Å². The van der Waals surface area contributed by atoms with Gasteiger partial charge in [-0.3, -0.25) is 4.79 Å². The van der Waals surface area contributed by atoms with E-state index in [1.165, 1.54) is 22.5 Å². The van der Waals surface area contributed by atoms with Crippen molar-refractivity contribution in [1.82, 2.24) is 4.31 Å². The Kier molecular flexibility index (Phi) is 6.70. The highest BCUT2D eigenvalue weighted by atomic mass is 79.9. The van der Waals surface area contributed by atoms with E-state index in [1.807, 2.05) is 24.3 Å². The number of carbonyl (C=O) groups is 1. The normalized spacial score (nSPS) is 12.0. The van der Waals surface area contributed by atoms with Crippen LogP contribution in [0.15, 0.2) is 64.0 Å². The number of sulfonamides is 1. The van der Waals surface area contributed by atoms with E-state index in [1.54, 1.807) is 32.1 Å². The molecular weight excluding hydrogens is 402 g/mol. The van der Waals surface area contributed by atoms with Gasteiger partial charge in [-0.1, -0.05) is 48.0 Å². The van der Waals surface area contributed by atoms with Crippen molar-refractivity contribution >= 4 is 37.8 Å². The number of halogens is 1. The van der Waals surface area contributed by atoms with Crippen LogP contribution in [0.3, 0.4) is 0 Å². The first kappa shape index (κ1) is 19.6. The minimum absolute atomic E-state index is 0.174. The second-order valence-corrected chi connectivity index (χ2v) is 8.22. The first-order chi connectivity index (χ1) is 11.9. The largest absolute Gasteiger partial charge is 0.289 e. The van der Waals surface area contributed by atoms with Gasteiger partial charge in [-0.25, -0.2) is 8.42 Å². The molecule has 0 amide bonds. The maximum Gasteiger partial charge on any atom is 0.243 e. The number of rotatable bonds is 7. The molecule has 0 saturated heterocycles. The van der Waals surface area contributed by atoms with Crippen LogP contribution in [0.1, 0.15) is 29.8 Å². The van der Waals surface area contributed by atoms with Crippen LogP contribution >= 0.6 is 15.9 Å². The topological polar surface area (TPSA) is 54.5 Å². The highest BCUT2D eigenvalue weighted by Crippen LogP contribution is 2.17. The number of hydrogen-bond acceptors (Lipinski definition) is 3. The first-order valence-electron chi connectivity index (χ1n) is 7.96. The molecular formula is C19H20BrNO3S. The number of benzene rings is 2. The van der Waals surface area contributed by atoms with Gasteiger partial charge in [-0.2, -0.15) is 4.31 Å². The van der Waals surface area contributed by atoms with Crippen molar-refractivity contribution in [2.75, 3.05) is 13.1 Å². The Morgan fingerprint density at radius 1 is 1.08 bits per heavy atom. The van der Waals surface area contributed by atoms with Gasteiger partial charge >= 0.3 is 0 Å². The molecule has 0 N–H and O–H groups in total. The summed E-state index contributed by atoms with van der Waals surface area (Å²) in [5.41, 5.74) is 1.35. The smallest absolute Gasteiger partial charge is 0.243 e. The van der Waals surface area contributed by atoms with Crippen molar-refractivity contribution < 1.29 is 13.2 Å². The molecule has 0 aliphatic carbocycles. The average molecular weight is 422 g/mol. The summed E-state index contributed by atoms with van der Waals surface area (Å²) in [7, 11) is -3.50. The van der Waals surface area contributed by atoms with E-state index in [-0.39, 0.29) is 10.7 Å². The van der Waals surface area contributed by atoms with Crippen molar-refractivity contribution in [2.24, 2.45) is 0 Å². The van der Waals surface area contributed by atoms with E-state index in [9.17, 15) is 13.2 Å². The molecule has 2 aromatic carbocycles. The Morgan fingerprint density at radius 2 is 1.72 bits per heavy atom. The van der Waals surface area contributed by atoms with E-state index < -0.39 is 10.0 Å². The molecule has 2 rings (SSSR count). The Hall–Kier alpha value is -1.76. The molecule has 0 aliphatic rings. The van der Waals surface area contributed by atoms with Gasteiger partial charge in [0.1, 0.15) is 0 Å². The van der Waals surface area contributed by atoms with Gasteiger partial charge in [0.05, 0.1) is 4.90 Å². The van der Waals surface area contributed by atoms with Crippen LogP contribution in [-0.4, -0.2) is 31.6 Å². The van der Waals surface area contributed by atoms with Crippen molar-refractivity contribution in [3.63, 3.8) is 0 Å². The molecule has 0 spiro atoms. The summed E-state index contributed by atoms with van der Waals surface area (Å²) in [5, 5.41) is 0. The Bertz CT molecular complexity index is 870. The molecule has 0 unspecified atom stereocenters. The van der Waals surface area contributed by atoms with Gasteiger partial charge in [-0.15, -0.1) is 0 Å². The molecule has 0 atom stereocenters. The van der Waals surface area contributed by atoms with E-state index in [0.29, 0.717) is 18.7 Å². The van der Waals surface area contributed by atoms with Gasteiger partial charge < -0.3 is 0 Å². The van der Waals surface area contributed by atoms with Crippen LogP contribution in [-0.2, 0) is 10.0 Å².